The molecular formula is C20H25ClN2O5S. The highest BCUT2D eigenvalue weighted by molar-refractivity contribution is 7.92. The zero-order valence-electron chi connectivity index (χ0n) is 17.0. The normalized spacial score (nSPS) is 12.2. The lowest BCUT2D eigenvalue weighted by atomic mass is 10.1. The molecule has 1 unspecified atom stereocenters. The molecule has 0 spiro atoms. The van der Waals surface area contributed by atoms with Gasteiger partial charge in [-0.05, 0) is 48.9 Å². The third kappa shape index (κ3) is 5.55. The third-order valence-electron chi connectivity index (χ3n) is 4.39. The summed E-state index contributed by atoms with van der Waals surface area (Å²) in [4.78, 5) is 14.5. The molecule has 2 rings (SSSR count). The van der Waals surface area contributed by atoms with Crippen molar-refractivity contribution in [1.29, 1.82) is 0 Å². The fourth-order valence-corrected chi connectivity index (χ4v) is 4.34. The van der Waals surface area contributed by atoms with Crippen LogP contribution in [0.25, 0.3) is 0 Å². The Bertz CT molecular complexity index is 963. The first-order chi connectivity index (χ1) is 13.6. The highest BCUT2D eigenvalue weighted by Gasteiger charge is 2.31. The summed E-state index contributed by atoms with van der Waals surface area (Å²) in [6.07, 6.45) is 1.07. The molecule has 29 heavy (non-hydrogen) atoms. The molecule has 0 bridgehead atoms. The monoisotopic (exact) mass is 440 g/mol. The first kappa shape index (κ1) is 22.8. The summed E-state index contributed by atoms with van der Waals surface area (Å²) >= 11 is 5.90. The van der Waals surface area contributed by atoms with Crippen molar-refractivity contribution in [2.45, 2.75) is 19.5 Å². The van der Waals surface area contributed by atoms with Gasteiger partial charge in [-0.15, -0.1) is 0 Å². The van der Waals surface area contributed by atoms with Gasteiger partial charge in [-0.2, -0.15) is 0 Å². The topological polar surface area (TPSA) is 76.2 Å². The molecule has 0 fully saturated rings. The number of methoxy groups -OCH3 is 2. The van der Waals surface area contributed by atoms with Crippen LogP contribution in [0, 0.1) is 0 Å². The Morgan fingerprint density at radius 2 is 1.66 bits per heavy atom. The van der Waals surface area contributed by atoms with E-state index in [1.54, 1.807) is 57.5 Å². The molecule has 0 aromatic heterocycles. The van der Waals surface area contributed by atoms with E-state index in [0.717, 1.165) is 16.1 Å². The second kappa shape index (κ2) is 9.37. The molecule has 158 valence electrons. The number of sulfonamides is 1. The molecule has 2 aromatic rings. The van der Waals surface area contributed by atoms with Crippen molar-refractivity contribution in [3.63, 3.8) is 0 Å². The van der Waals surface area contributed by atoms with Gasteiger partial charge in [0.25, 0.3) is 0 Å². The summed E-state index contributed by atoms with van der Waals surface area (Å²) < 4.78 is 36.4. The molecular weight excluding hydrogens is 416 g/mol. The lowest BCUT2D eigenvalue weighted by molar-refractivity contribution is -0.131. The van der Waals surface area contributed by atoms with E-state index in [2.05, 4.69) is 0 Å². The number of halogens is 1. The lowest BCUT2D eigenvalue weighted by Crippen LogP contribution is -2.48. The van der Waals surface area contributed by atoms with Gasteiger partial charge in [-0.25, -0.2) is 8.42 Å². The number of hydrogen-bond donors (Lipinski definition) is 0. The van der Waals surface area contributed by atoms with Gasteiger partial charge in [0, 0.05) is 18.6 Å². The molecule has 0 aliphatic carbocycles. The smallest absolute Gasteiger partial charge is 0.246 e. The van der Waals surface area contributed by atoms with Gasteiger partial charge >= 0.3 is 0 Å². The Morgan fingerprint density at radius 3 is 2.17 bits per heavy atom. The van der Waals surface area contributed by atoms with Crippen molar-refractivity contribution in [3.05, 3.63) is 53.1 Å². The summed E-state index contributed by atoms with van der Waals surface area (Å²) in [7, 11) is 1.01. The van der Waals surface area contributed by atoms with Crippen LogP contribution in [0.5, 0.6) is 11.5 Å². The fourth-order valence-electron chi connectivity index (χ4n) is 3.04. The molecule has 0 saturated carbocycles. The summed E-state index contributed by atoms with van der Waals surface area (Å²) in [5.74, 6) is 0.794. The first-order valence-electron chi connectivity index (χ1n) is 8.79. The highest BCUT2D eigenvalue weighted by Crippen LogP contribution is 2.28. The summed E-state index contributed by atoms with van der Waals surface area (Å²) in [5.41, 5.74) is 1.19. The quantitative estimate of drug-likeness (QED) is 0.630. The van der Waals surface area contributed by atoms with Crippen LogP contribution in [-0.2, 0) is 21.4 Å². The van der Waals surface area contributed by atoms with Crippen molar-refractivity contribution >= 4 is 33.2 Å². The van der Waals surface area contributed by atoms with E-state index in [1.165, 1.54) is 12.0 Å². The Labute approximate surface area is 176 Å². The second-order valence-corrected chi connectivity index (χ2v) is 8.89. The van der Waals surface area contributed by atoms with E-state index in [9.17, 15) is 13.2 Å². The van der Waals surface area contributed by atoms with Crippen molar-refractivity contribution in [2.24, 2.45) is 0 Å². The van der Waals surface area contributed by atoms with Crippen molar-refractivity contribution in [2.75, 3.05) is 31.8 Å². The predicted molar refractivity (Wildman–Crippen MR) is 114 cm³/mol. The van der Waals surface area contributed by atoms with E-state index < -0.39 is 16.1 Å². The third-order valence-corrected chi connectivity index (χ3v) is 5.89. The van der Waals surface area contributed by atoms with Crippen LogP contribution in [-0.4, -0.2) is 52.8 Å². The van der Waals surface area contributed by atoms with Gasteiger partial charge in [0.1, 0.15) is 6.04 Å². The highest BCUT2D eigenvalue weighted by atomic mass is 35.5. The van der Waals surface area contributed by atoms with E-state index in [-0.39, 0.29) is 12.5 Å². The summed E-state index contributed by atoms with van der Waals surface area (Å²) in [5, 5.41) is 0.478. The first-order valence-corrected chi connectivity index (χ1v) is 11.0. The van der Waals surface area contributed by atoms with E-state index in [4.69, 9.17) is 21.1 Å². The second-order valence-electron chi connectivity index (χ2n) is 6.59. The number of carbonyl (C=O) groups is 1. The molecule has 0 aliphatic rings. The van der Waals surface area contributed by atoms with Crippen LogP contribution in [0.15, 0.2) is 42.5 Å². The fraction of sp³-hybridized carbons (Fsp3) is 0.350. The van der Waals surface area contributed by atoms with Crippen LogP contribution in [0.1, 0.15) is 12.5 Å². The zero-order valence-corrected chi connectivity index (χ0v) is 18.6. The van der Waals surface area contributed by atoms with Crippen molar-refractivity contribution < 1.29 is 22.7 Å². The maximum Gasteiger partial charge on any atom is 0.246 e. The Kier molecular flexibility index (Phi) is 7.37. The molecule has 0 saturated heterocycles. The van der Waals surface area contributed by atoms with Crippen LogP contribution < -0.4 is 13.8 Å². The minimum absolute atomic E-state index is 0.280. The van der Waals surface area contributed by atoms with Gasteiger partial charge in [-0.3, -0.25) is 9.10 Å². The zero-order chi connectivity index (χ0) is 21.8. The molecule has 0 radical (unpaired) electrons. The average Bonchev–Trinajstić information content (AvgIpc) is 2.67. The number of anilines is 1. The van der Waals surface area contributed by atoms with Crippen molar-refractivity contribution in [3.8, 4) is 11.5 Å². The SMILES string of the molecule is COc1ccc(CN(C)C(=O)C(C)N(c2ccc(Cl)cc2)S(C)(=O)=O)cc1OC. The molecule has 9 heteroatoms. The Balaban J connectivity index is 2.25. The Hall–Kier alpha value is -2.45. The van der Waals surface area contributed by atoms with Crippen LogP contribution in [0.4, 0.5) is 5.69 Å². The molecule has 7 nitrogen and oxygen atoms in total. The van der Waals surface area contributed by atoms with E-state index >= 15 is 0 Å². The molecule has 2 aromatic carbocycles. The molecule has 0 aliphatic heterocycles. The van der Waals surface area contributed by atoms with Gasteiger partial charge in [-0.1, -0.05) is 17.7 Å². The summed E-state index contributed by atoms with van der Waals surface area (Å²) in [6, 6.07) is 10.7. The number of benzene rings is 2. The number of carbonyl (C=O) groups excluding carboxylic acids is 1. The van der Waals surface area contributed by atoms with Gasteiger partial charge in [0.05, 0.1) is 26.2 Å². The van der Waals surface area contributed by atoms with Gasteiger partial charge in [0.2, 0.25) is 15.9 Å². The molecule has 1 atom stereocenters. The molecule has 1 amide bonds. The Morgan fingerprint density at radius 1 is 1.07 bits per heavy atom. The minimum atomic E-state index is -3.69. The number of amides is 1. The number of ether oxygens (including phenoxy) is 2. The molecule has 0 heterocycles. The summed E-state index contributed by atoms with van der Waals surface area (Å²) in [6.45, 7) is 1.84. The maximum absolute atomic E-state index is 13.0. The number of hydrogen-bond acceptors (Lipinski definition) is 5. The van der Waals surface area contributed by atoms with E-state index in [1.807, 2.05) is 6.07 Å². The number of rotatable bonds is 8. The lowest BCUT2D eigenvalue weighted by Gasteiger charge is -2.31. The van der Waals surface area contributed by atoms with Crippen LogP contribution >= 0.6 is 11.6 Å². The van der Waals surface area contributed by atoms with Gasteiger partial charge < -0.3 is 14.4 Å². The van der Waals surface area contributed by atoms with E-state index in [0.29, 0.717) is 22.2 Å². The minimum Gasteiger partial charge on any atom is -0.493 e. The number of nitrogens with zero attached hydrogens (tertiary/aromatic N) is 2. The largest absolute Gasteiger partial charge is 0.493 e. The van der Waals surface area contributed by atoms with Crippen molar-refractivity contribution in [1.82, 2.24) is 4.90 Å². The predicted octanol–water partition coefficient (Wildman–Crippen LogP) is 3.17. The maximum atomic E-state index is 13.0. The van der Waals surface area contributed by atoms with Crippen LogP contribution in [0.3, 0.4) is 0 Å². The van der Waals surface area contributed by atoms with Crippen LogP contribution in [0.2, 0.25) is 5.02 Å². The van der Waals surface area contributed by atoms with Gasteiger partial charge in [0.15, 0.2) is 11.5 Å². The average molecular weight is 441 g/mol. The standard InChI is InChI=1S/C20H25ClN2O5S/c1-14(23(29(5,25)26)17-9-7-16(21)8-10-17)20(24)22(2)13-15-6-11-18(27-3)19(12-15)28-4/h6-12,14H,13H2,1-5H3. The number of likely N-dealkylation sites (N-methyl/N-ethyl adjacent to an activating group) is 1. The molecule has 0 N–H and O–H groups in total.